The molecule has 184 valence electrons. The summed E-state index contributed by atoms with van der Waals surface area (Å²) in [6, 6.07) is 14.6. The van der Waals surface area contributed by atoms with E-state index in [0.29, 0.717) is 6.42 Å². The van der Waals surface area contributed by atoms with Gasteiger partial charge in [-0.05, 0) is 37.5 Å². The van der Waals surface area contributed by atoms with Crippen molar-refractivity contribution in [3.63, 3.8) is 0 Å². The molecule has 0 aliphatic carbocycles. The van der Waals surface area contributed by atoms with E-state index in [1.807, 2.05) is 61.5 Å². The number of rotatable bonds is 13. The highest BCUT2D eigenvalue weighted by Crippen LogP contribution is 2.18. The van der Waals surface area contributed by atoms with E-state index in [-0.39, 0.29) is 19.6 Å². The number of esters is 2. The summed E-state index contributed by atoms with van der Waals surface area (Å²) in [5.74, 6) is -1.33. The van der Waals surface area contributed by atoms with Crippen LogP contribution in [0.4, 0.5) is 0 Å². The van der Waals surface area contributed by atoms with E-state index in [0.717, 1.165) is 22.0 Å². The van der Waals surface area contributed by atoms with Crippen LogP contribution >= 0.6 is 15.9 Å². The standard InChI is InChI=1S/C26H33BrN2O5/c1-4-11-22(25(31)33-5-2)28-18(3)24(30)29-23(16-20-14-9-10-15-21(20)27)26(32)34-17-19-12-7-6-8-13-19/h6-10,12-15,18,22-23,28H,4-5,11,16-17H2,1-3H3,(H,29,30)/t18-,22-,23-/m0/s1. The fraction of sp³-hybridized carbons (Fsp3) is 0.423. The number of nitrogens with one attached hydrogen (secondary N) is 2. The predicted molar refractivity (Wildman–Crippen MR) is 134 cm³/mol. The van der Waals surface area contributed by atoms with Crippen LogP contribution in [0.15, 0.2) is 59.1 Å². The summed E-state index contributed by atoms with van der Waals surface area (Å²) in [6.07, 6.45) is 1.54. The highest BCUT2D eigenvalue weighted by Gasteiger charge is 2.28. The summed E-state index contributed by atoms with van der Waals surface area (Å²) in [7, 11) is 0. The van der Waals surface area contributed by atoms with Gasteiger partial charge in [-0.2, -0.15) is 0 Å². The molecule has 2 aromatic carbocycles. The van der Waals surface area contributed by atoms with Crippen LogP contribution in [0.25, 0.3) is 0 Å². The molecule has 0 saturated heterocycles. The van der Waals surface area contributed by atoms with E-state index >= 15 is 0 Å². The van der Waals surface area contributed by atoms with E-state index < -0.39 is 36.0 Å². The van der Waals surface area contributed by atoms with Crippen molar-refractivity contribution in [1.29, 1.82) is 0 Å². The van der Waals surface area contributed by atoms with Crippen molar-refractivity contribution in [2.24, 2.45) is 0 Å². The number of halogens is 1. The number of carbonyl (C=O) groups is 3. The first-order valence-corrected chi connectivity index (χ1v) is 12.3. The quantitative estimate of drug-likeness (QED) is 0.379. The van der Waals surface area contributed by atoms with Crippen molar-refractivity contribution < 1.29 is 23.9 Å². The fourth-order valence-electron chi connectivity index (χ4n) is 3.38. The highest BCUT2D eigenvalue weighted by molar-refractivity contribution is 9.10. The topological polar surface area (TPSA) is 93.7 Å². The third-order valence-electron chi connectivity index (χ3n) is 5.20. The largest absolute Gasteiger partial charge is 0.465 e. The summed E-state index contributed by atoms with van der Waals surface area (Å²) in [4.78, 5) is 38.2. The number of ether oxygens (including phenoxy) is 2. The van der Waals surface area contributed by atoms with E-state index in [1.54, 1.807) is 13.8 Å². The minimum absolute atomic E-state index is 0.108. The first-order valence-electron chi connectivity index (χ1n) is 11.5. The zero-order valence-electron chi connectivity index (χ0n) is 19.9. The van der Waals surface area contributed by atoms with Gasteiger partial charge in [0.15, 0.2) is 0 Å². The molecule has 0 fully saturated rings. The van der Waals surface area contributed by atoms with Gasteiger partial charge in [0.2, 0.25) is 5.91 Å². The van der Waals surface area contributed by atoms with Crippen LogP contribution in [-0.2, 0) is 36.9 Å². The normalized spacial score (nSPS) is 13.4. The van der Waals surface area contributed by atoms with Gasteiger partial charge in [0.05, 0.1) is 12.6 Å². The second-order valence-electron chi connectivity index (χ2n) is 7.93. The Labute approximate surface area is 209 Å². The van der Waals surface area contributed by atoms with Crippen molar-refractivity contribution in [1.82, 2.24) is 10.6 Å². The minimum Gasteiger partial charge on any atom is -0.465 e. The Morgan fingerprint density at radius 2 is 1.56 bits per heavy atom. The van der Waals surface area contributed by atoms with E-state index in [2.05, 4.69) is 26.6 Å². The van der Waals surface area contributed by atoms with Gasteiger partial charge in [0.1, 0.15) is 18.7 Å². The molecule has 2 aromatic rings. The molecule has 0 spiro atoms. The Kier molecular flexibility index (Phi) is 11.8. The first kappa shape index (κ1) is 27.5. The SMILES string of the molecule is CCC[C@H](N[C@@H](C)C(=O)N[C@@H](Cc1ccccc1Br)C(=O)OCc1ccccc1)C(=O)OCC. The van der Waals surface area contributed by atoms with Crippen molar-refractivity contribution in [2.75, 3.05) is 6.61 Å². The Bertz CT molecular complexity index is 938. The summed E-state index contributed by atoms with van der Waals surface area (Å²) in [5.41, 5.74) is 1.72. The van der Waals surface area contributed by atoms with Gasteiger partial charge in [0.25, 0.3) is 0 Å². The Morgan fingerprint density at radius 1 is 0.912 bits per heavy atom. The highest BCUT2D eigenvalue weighted by atomic mass is 79.9. The molecule has 0 unspecified atom stereocenters. The van der Waals surface area contributed by atoms with Crippen molar-refractivity contribution >= 4 is 33.8 Å². The van der Waals surface area contributed by atoms with Crippen LogP contribution in [0, 0.1) is 0 Å². The van der Waals surface area contributed by atoms with Gasteiger partial charge < -0.3 is 14.8 Å². The molecule has 1 amide bonds. The van der Waals surface area contributed by atoms with Gasteiger partial charge in [0, 0.05) is 10.9 Å². The first-order chi connectivity index (χ1) is 16.3. The molecule has 7 nitrogen and oxygen atoms in total. The third kappa shape index (κ3) is 8.91. The average Bonchev–Trinajstić information content (AvgIpc) is 2.83. The Balaban J connectivity index is 2.10. The van der Waals surface area contributed by atoms with Crippen molar-refractivity contribution in [3.05, 3.63) is 70.2 Å². The third-order valence-corrected chi connectivity index (χ3v) is 5.97. The molecule has 3 atom stereocenters. The lowest BCUT2D eigenvalue weighted by molar-refractivity contribution is -0.150. The number of hydrogen-bond donors (Lipinski definition) is 2. The van der Waals surface area contributed by atoms with Crippen LogP contribution < -0.4 is 10.6 Å². The van der Waals surface area contributed by atoms with Gasteiger partial charge in [-0.1, -0.05) is 77.8 Å². The maximum absolute atomic E-state index is 13.0. The Morgan fingerprint density at radius 3 is 2.21 bits per heavy atom. The summed E-state index contributed by atoms with van der Waals surface area (Å²) in [6.45, 7) is 5.72. The van der Waals surface area contributed by atoms with Gasteiger partial charge in [-0.15, -0.1) is 0 Å². The average molecular weight is 533 g/mol. The summed E-state index contributed by atoms with van der Waals surface area (Å²) in [5, 5.41) is 5.83. The summed E-state index contributed by atoms with van der Waals surface area (Å²) < 4.78 is 11.5. The van der Waals surface area contributed by atoms with E-state index in [9.17, 15) is 14.4 Å². The molecule has 0 bridgehead atoms. The molecule has 0 aromatic heterocycles. The molecule has 0 aliphatic heterocycles. The lowest BCUT2D eigenvalue weighted by Crippen LogP contribution is -2.53. The van der Waals surface area contributed by atoms with Crippen LogP contribution in [-0.4, -0.2) is 42.6 Å². The molecule has 0 heterocycles. The number of hydrogen-bond acceptors (Lipinski definition) is 6. The van der Waals surface area contributed by atoms with Gasteiger partial charge >= 0.3 is 11.9 Å². The van der Waals surface area contributed by atoms with Crippen LogP contribution in [0.1, 0.15) is 44.7 Å². The minimum atomic E-state index is -0.897. The molecule has 2 rings (SSSR count). The number of benzene rings is 2. The lowest BCUT2D eigenvalue weighted by atomic mass is 10.1. The smallest absolute Gasteiger partial charge is 0.329 e. The van der Waals surface area contributed by atoms with Crippen LogP contribution in [0.3, 0.4) is 0 Å². The maximum Gasteiger partial charge on any atom is 0.329 e. The number of amides is 1. The van der Waals surface area contributed by atoms with Gasteiger partial charge in [-0.25, -0.2) is 4.79 Å². The van der Waals surface area contributed by atoms with Crippen molar-refractivity contribution in [3.8, 4) is 0 Å². The van der Waals surface area contributed by atoms with Crippen molar-refractivity contribution in [2.45, 2.75) is 64.8 Å². The second-order valence-corrected chi connectivity index (χ2v) is 8.79. The molecular formula is C26H33BrN2O5. The fourth-order valence-corrected chi connectivity index (χ4v) is 3.83. The van der Waals surface area contributed by atoms with E-state index in [1.165, 1.54) is 0 Å². The molecule has 2 N–H and O–H groups in total. The molecule has 8 heteroatoms. The predicted octanol–water partition coefficient (Wildman–Crippen LogP) is 3.93. The number of carbonyl (C=O) groups excluding carboxylic acids is 3. The second kappa shape index (κ2) is 14.5. The molecule has 0 radical (unpaired) electrons. The van der Waals surface area contributed by atoms with Crippen LogP contribution in [0.2, 0.25) is 0 Å². The monoisotopic (exact) mass is 532 g/mol. The molecule has 0 aliphatic rings. The van der Waals surface area contributed by atoms with Crippen LogP contribution in [0.5, 0.6) is 0 Å². The summed E-state index contributed by atoms with van der Waals surface area (Å²) >= 11 is 3.50. The lowest BCUT2D eigenvalue weighted by Gasteiger charge is -2.24. The molecule has 34 heavy (non-hydrogen) atoms. The zero-order valence-corrected chi connectivity index (χ0v) is 21.5. The Hall–Kier alpha value is -2.71. The van der Waals surface area contributed by atoms with Gasteiger partial charge in [-0.3, -0.25) is 14.9 Å². The zero-order chi connectivity index (χ0) is 24.9. The molecule has 0 saturated carbocycles. The molecular weight excluding hydrogens is 500 g/mol. The van der Waals surface area contributed by atoms with E-state index in [4.69, 9.17) is 9.47 Å². The maximum atomic E-state index is 13.0.